The molecule has 0 rings (SSSR count). The predicted octanol–water partition coefficient (Wildman–Crippen LogP) is 2.42. The van der Waals surface area contributed by atoms with E-state index in [-0.39, 0.29) is 5.41 Å². The predicted molar refractivity (Wildman–Crippen MR) is 57.7 cm³/mol. The van der Waals surface area contributed by atoms with Gasteiger partial charge in [0.1, 0.15) is 0 Å². The third-order valence-electron chi connectivity index (χ3n) is 2.15. The standard InChI is InChI=1S/C11H25NO/c1-10(2)8-13-7-5-6-11(3,4)9-12/h10H,5-9,12H2,1-4H3. The summed E-state index contributed by atoms with van der Waals surface area (Å²) in [6, 6.07) is 0. The summed E-state index contributed by atoms with van der Waals surface area (Å²) in [5, 5.41) is 0. The Hall–Kier alpha value is -0.0800. The first kappa shape index (κ1) is 12.9. The Labute approximate surface area is 82.8 Å². The minimum absolute atomic E-state index is 0.279. The minimum Gasteiger partial charge on any atom is -0.381 e. The van der Waals surface area contributed by atoms with Gasteiger partial charge in [0, 0.05) is 13.2 Å². The third-order valence-corrected chi connectivity index (χ3v) is 2.15. The van der Waals surface area contributed by atoms with Crippen LogP contribution in [0.2, 0.25) is 0 Å². The van der Waals surface area contributed by atoms with E-state index in [0.29, 0.717) is 5.92 Å². The van der Waals surface area contributed by atoms with Gasteiger partial charge in [-0.05, 0) is 30.7 Å². The lowest BCUT2D eigenvalue weighted by Crippen LogP contribution is -2.23. The Morgan fingerprint density at radius 1 is 1.31 bits per heavy atom. The van der Waals surface area contributed by atoms with Crippen LogP contribution in [0.4, 0.5) is 0 Å². The normalized spacial score (nSPS) is 12.5. The van der Waals surface area contributed by atoms with Crippen LogP contribution in [0.5, 0.6) is 0 Å². The maximum Gasteiger partial charge on any atom is 0.0488 e. The van der Waals surface area contributed by atoms with Crippen LogP contribution in [0.25, 0.3) is 0 Å². The lowest BCUT2D eigenvalue weighted by Gasteiger charge is -2.21. The summed E-state index contributed by atoms with van der Waals surface area (Å²) in [5.74, 6) is 0.641. The second kappa shape index (κ2) is 6.39. The number of hydrogen-bond acceptors (Lipinski definition) is 2. The van der Waals surface area contributed by atoms with Crippen molar-refractivity contribution in [1.29, 1.82) is 0 Å². The van der Waals surface area contributed by atoms with Gasteiger partial charge in [-0.15, -0.1) is 0 Å². The highest BCUT2D eigenvalue weighted by Crippen LogP contribution is 2.19. The van der Waals surface area contributed by atoms with Crippen LogP contribution in [-0.2, 0) is 4.74 Å². The van der Waals surface area contributed by atoms with Crippen LogP contribution in [-0.4, -0.2) is 19.8 Å². The Kier molecular flexibility index (Phi) is 6.35. The smallest absolute Gasteiger partial charge is 0.0488 e. The van der Waals surface area contributed by atoms with Gasteiger partial charge in [0.15, 0.2) is 0 Å². The molecule has 0 aromatic rings. The van der Waals surface area contributed by atoms with Crippen molar-refractivity contribution < 1.29 is 4.74 Å². The van der Waals surface area contributed by atoms with Crippen LogP contribution in [0.1, 0.15) is 40.5 Å². The summed E-state index contributed by atoms with van der Waals surface area (Å²) in [7, 11) is 0. The third kappa shape index (κ3) is 8.26. The molecule has 2 heteroatoms. The van der Waals surface area contributed by atoms with Crippen LogP contribution < -0.4 is 5.73 Å². The molecule has 0 aromatic carbocycles. The summed E-state index contributed by atoms with van der Waals surface area (Å²) in [5.41, 5.74) is 5.91. The molecule has 0 saturated heterocycles. The maximum absolute atomic E-state index is 5.63. The van der Waals surface area contributed by atoms with Gasteiger partial charge in [-0.3, -0.25) is 0 Å². The average molecular weight is 187 g/mol. The van der Waals surface area contributed by atoms with Crippen molar-refractivity contribution in [3.05, 3.63) is 0 Å². The van der Waals surface area contributed by atoms with E-state index in [1.807, 2.05) is 0 Å². The Balaban J connectivity index is 3.26. The molecule has 0 atom stereocenters. The molecule has 0 spiro atoms. The summed E-state index contributed by atoms with van der Waals surface area (Å²) >= 11 is 0. The molecule has 0 saturated carbocycles. The quantitative estimate of drug-likeness (QED) is 0.621. The Morgan fingerprint density at radius 3 is 2.38 bits per heavy atom. The van der Waals surface area contributed by atoms with E-state index in [9.17, 15) is 0 Å². The zero-order chi connectivity index (χ0) is 10.3. The van der Waals surface area contributed by atoms with Crippen molar-refractivity contribution in [1.82, 2.24) is 0 Å². The first-order valence-electron chi connectivity index (χ1n) is 5.26. The van der Waals surface area contributed by atoms with Crippen LogP contribution in [0.3, 0.4) is 0 Å². The van der Waals surface area contributed by atoms with E-state index in [1.54, 1.807) is 0 Å². The highest BCUT2D eigenvalue weighted by molar-refractivity contribution is 4.68. The van der Waals surface area contributed by atoms with E-state index in [0.717, 1.165) is 32.6 Å². The van der Waals surface area contributed by atoms with E-state index in [1.165, 1.54) is 0 Å². The zero-order valence-electron chi connectivity index (χ0n) is 9.60. The molecule has 2 nitrogen and oxygen atoms in total. The molecule has 0 aliphatic heterocycles. The Morgan fingerprint density at radius 2 is 1.92 bits per heavy atom. The molecule has 0 heterocycles. The monoisotopic (exact) mass is 187 g/mol. The summed E-state index contributed by atoms with van der Waals surface area (Å²) in [4.78, 5) is 0. The molecule has 0 aliphatic carbocycles. The lowest BCUT2D eigenvalue weighted by molar-refractivity contribution is 0.0997. The van der Waals surface area contributed by atoms with Crippen molar-refractivity contribution in [2.75, 3.05) is 19.8 Å². The van der Waals surface area contributed by atoms with Crippen molar-refractivity contribution in [2.24, 2.45) is 17.1 Å². The molecule has 0 radical (unpaired) electrons. The lowest BCUT2D eigenvalue weighted by atomic mass is 9.88. The molecule has 0 fully saturated rings. The van der Waals surface area contributed by atoms with Gasteiger partial charge in [0.2, 0.25) is 0 Å². The molecule has 2 N–H and O–H groups in total. The number of nitrogens with two attached hydrogens (primary N) is 1. The molecule has 0 bridgehead atoms. The first-order chi connectivity index (χ1) is 5.98. The van der Waals surface area contributed by atoms with Crippen molar-refractivity contribution >= 4 is 0 Å². The molecule has 80 valence electrons. The second-order valence-corrected chi connectivity index (χ2v) is 4.94. The van der Waals surface area contributed by atoms with Gasteiger partial charge < -0.3 is 10.5 Å². The molecular formula is C11H25NO. The minimum atomic E-state index is 0.279. The summed E-state index contributed by atoms with van der Waals surface area (Å²) in [6.45, 7) is 11.3. The van der Waals surface area contributed by atoms with E-state index < -0.39 is 0 Å². The SMILES string of the molecule is CC(C)COCCCC(C)(C)CN. The van der Waals surface area contributed by atoms with Crippen LogP contribution in [0.15, 0.2) is 0 Å². The maximum atomic E-state index is 5.63. The molecule has 0 amide bonds. The van der Waals surface area contributed by atoms with E-state index >= 15 is 0 Å². The van der Waals surface area contributed by atoms with Gasteiger partial charge in [0.05, 0.1) is 0 Å². The summed E-state index contributed by atoms with van der Waals surface area (Å²) in [6.07, 6.45) is 2.28. The number of hydrogen-bond donors (Lipinski definition) is 1. The fourth-order valence-electron chi connectivity index (χ4n) is 1.07. The van der Waals surface area contributed by atoms with Gasteiger partial charge in [-0.2, -0.15) is 0 Å². The van der Waals surface area contributed by atoms with E-state index in [4.69, 9.17) is 10.5 Å². The highest BCUT2D eigenvalue weighted by atomic mass is 16.5. The topological polar surface area (TPSA) is 35.2 Å². The van der Waals surface area contributed by atoms with Crippen LogP contribution >= 0.6 is 0 Å². The molecular weight excluding hydrogens is 162 g/mol. The zero-order valence-corrected chi connectivity index (χ0v) is 9.60. The largest absolute Gasteiger partial charge is 0.381 e. The van der Waals surface area contributed by atoms with Crippen LogP contribution in [0, 0.1) is 11.3 Å². The molecule has 0 aliphatic rings. The van der Waals surface area contributed by atoms with Gasteiger partial charge in [-0.25, -0.2) is 0 Å². The van der Waals surface area contributed by atoms with Crippen molar-refractivity contribution in [3.63, 3.8) is 0 Å². The summed E-state index contributed by atoms with van der Waals surface area (Å²) < 4.78 is 5.49. The fourth-order valence-corrected chi connectivity index (χ4v) is 1.07. The second-order valence-electron chi connectivity index (χ2n) is 4.94. The molecule has 0 unspecified atom stereocenters. The highest BCUT2D eigenvalue weighted by Gasteiger charge is 2.14. The molecule has 0 aromatic heterocycles. The van der Waals surface area contributed by atoms with Crippen molar-refractivity contribution in [2.45, 2.75) is 40.5 Å². The van der Waals surface area contributed by atoms with Crippen molar-refractivity contribution in [3.8, 4) is 0 Å². The van der Waals surface area contributed by atoms with Gasteiger partial charge in [-0.1, -0.05) is 27.7 Å². The molecule has 13 heavy (non-hydrogen) atoms. The Bertz CT molecular complexity index is 121. The van der Waals surface area contributed by atoms with E-state index in [2.05, 4.69) is 27.7 Å². The van der Waals surface area contributed by atoms with Gasteiger partial charge in [0.25, 0.3) is 0 Å². The first-order valence-corrected chi connectivity index (χ1v) is 5.26. The van der Waals surface area contributed by atoms with Gasteiger partial charge >= 0.3 is 0 Å². The number of ether oxygens (including phenoxy) is 1. The number of rotatable bonds is 7. The average Bonchev–Trinajstić information content (AvgIpc) is 2.03. The fraction of sp³-hybridized carbons (Fsp3) is 1.00.